The highest BCUT2D eigenvalue weighted by Gasteiger charge is 2.39. The van der Waals surface area contributed by atoms with Crippen molar-refractivity contribution >= 4 is 5.97 Å². The lowest BCUT2D eigenvalue weighted by atomic mass is 9.88. The third-order valence-electron chi connectivity index (χ3n) is 4.82. The predicted molar refractivity (Wildman–Crippen MR) is 89.0 cm³/mol. The Kier molecular flexibility index (Phi) is 9.44. The molecule has 0 saturated heterocycles. The lowest BCUT2D eigenvalue weighted by Crippen LogP contribution is -2.21. The van der Waals surface area contributed by atoms with Gasteiger partial charge in [-0.2, -0.15) is 0 Å². The van der Waals surface area contributed by atoms with Crippen LogP contribution in [-0.2, 0) is 4.79 Å². The van der Waals surface area contributed by atoms with Crippen molar-refractivity contribution in [2.45, 2.75) is 83.0 Å². The van der Waals surface area contributed by atoms with Crippen molar-refractivity contribution in [3.63, 3.8) is 0 Å². The van der Waals surface area contributed by atoms with Crippen LogP contribution in [0.25, 0.3) is 0 Å². The normalized spacial score (nSPS) is 29.2. The van der Waals surface area contributed by atoms with Crippen LogP contribution in [0.5, 0.6) is 0 Å². The quantitative estimate of drug-likeness (QED) is 0.345. The monoisotopic (exact) mass is 328 g/mol. The summed E-state index contributed by atoms with van der Waals surface area (Å²) in [6, 6.07) is 0. The molecule has 1 saturated carbocycles. The molecule has 4 N–H and O–H groups in total. The highest BCUT2D eigenvalue weighted by molar-refractivity contribution is 5.66. The smallest absolute Gasteiger partial charge is 0.303 e. The van der Waals surface area contributed by atoms with E-state index in [0.717, 1.165) is 38.5 Å². The average Bonchev–Trinajstić information content (AvgIpc) is 2.77. The second-order valence-corrected chi connectivity index (χ2v) is 6.67. The van der Waals surface area contributed by atoms with Crippen LogP contribution < -0.4 is 0 Å². The number of hydrogen-bond donors (Lipinski definition) is 4. The van der Waals surface area contributed by atoms with E-state index in [2.05, 4.69) is 0 Å². The van der Waals surface area contributed by atoms with Gasteiger partial charge < -0.3 is 20.4 Å². The molecule has 0 spiro atoms. The zero-order chi connectivity index (χ0) is 17.2. The molecule has 5 heteroatoms. The number of aliphatic carboxylic acids is 1. The SMILES string of the molecule is CC[C@H](O)/C=C/[C@@H]1[C@H](CCCCCCCC(=O)O)[C@H](O)C[C@@H]1O. The van der Waals surface area contributed by atoms with Crippen LogP contribution in [0.1, 0.15) is 64.7 Å². The Labute approximate surface area is 139 Å². The molecule has 0 bridgehead atoms. The van der Waals surface area contributed by atoms with Gasteiger partial charge in [0.2, 0.25) is 0 Å². The van der Waals surface area contributed by atoms with Gasteiger partial charge in [0.05, 0.1) is 18.3 Å². The summed E-state index contributed by atoms with van der Waals surface area (Å²) in [5.41, 5.74) is 0. The van der Waals surface area contributed by atoms with E-state index in [0.29, 0.717) is 12.8 Å². The second kappa shape index (κ2) is 10.8. The molecule has 1 fully saturated rings. The minimum atomic E-state index is -0.739. The third-order valence-corrected chi connectivity index (χ3v) is 4.82. The van der Waals surface area contributed by atoms with E-state index in [1.165, 1.54) is 0 Å². The standard InChI is InChI=1S/C18H32O5/c1-2-13(19)10-11-15-14(16(20)12-17(15)21)8-6-4-3-5-7-9-18(22)23/h10-11,13-17,19-21H,2-9,12H2,1H3,(H,22,23)/b11-10+/t13-,14-,15+,16+,17-/m0/s1. The summed E-state index contributed by atoms with van der Waals surface area (Å²) in [6.07, 6.45) is 8.87. The van der Waals surface area contributed by atoms with Crippen LogP contribution in [0.2, 0.25) is 0 Å². The van der Waals surface area contributed by atoms with Crippen molar-refractivity contribution in [2.75, 3.05) is 0 Å². The molecule has 1 rings (SSSR count). The number of aliphatic hydroxyl groups excluding tert-OH is 3. The van der Waals surface area contributed by atoms with Gasteiger partial charge in [-0.3, -0.25) is 4.79 Å². The van der Waals surface area contributed by atoms with E-state index >= 15 is 0 Å². The number of unbranched alkanes of at least 4 members (excludes halogenated alkanes) is 4. The Hall–Kier alpha value is -0.910. The molecule has 0 radical (unpaired) electrons. The largest absolute Gasteiger partial charge is 0.481 e. The molecule has 0 heterocycles. The number of carbonyl (C=O) groups is 1. The summed E-state index contributed by atoms with van der Waals surface area (Å²) in [6.45, 7) is 1.90. The highest BCUT2D eigenvalue weighted by atomic mass is 16.4. The Morgan fingerprint density at radius 1 is 1.13 bits per heavy atom. The molecule has 0 aromatic heterocycles. The first kappa shape index (κ1) is 20.1. The summed E-state index contributed by atoms with van der Waals surface area (Å²) in [5.74, 6) is -0.778. The second-order valence-electron chi connectivity index (χ2n) is 6.67. The van der Waals surface area contributed by atoms with E-state index in [4.69, 9.17) is 5.11 Å². The molecular weight excluding hydrogens is 296 g/mol. The van der Waals surface area contributed by atoms with Gasteiger partial charge in [-0.15, -0.1) is 0 Å². The first-order chi connectivity index (χ1) is 11.0. The highest BCUT2D eigenvalue weighted by Crippen LogP contribution is 2.37. The van der Waals surface area contributed by atoms with Crippen LogP contribution >= 0.6 is 0 Å². The van der Waals surface area contributed by atoms with Crippen molar-refractivity contribution in [2.24, 2.45) is 11.8 Å². The topological polar surface area (TPSA) is 98.0 Å². The van der Waals surface area contributed by atoms with Gasteiger partial charge in [0.25, 0.3) is 0 Å². The van der Waals surface area contributed by atoms with E-state index < -0.39 is 24.3 Å². The van der Waals surface area contributed by atoms with Crippen molar-refractivity contribution in [1.29, 1.82) is 0 Å². The molecule has 134 valence electrons. The van der Waals surface area contributed by atoms with Gasteiger partial charge in [0.15, 0.2) is 0 Å². The number of rotatable bonds is 11. The number of carboxylic acid groups (broad SMARTS) is 1. The van der Waals surface area contributed by atoms with Crippen LogP contribution in [0.3, 0.4) is 0 Å². The van der Waals surface area contributed by atoms with Gasteiger partial charge in [-0.25, -0.2) is 0 Å². The number of hydrogen-bond acceptors (Lipinski definition) is 4. The lowest BCUT2D eigenvalue weighted by Gasteiger charge is -2.21. The molecular formula is C18H32O5. The molecule has 5 nitrogen and oxygen atoms in total. The van der Waals surface area contributed by atoms with Crippen LogP contribution in [0, 0.1) is 11.8 Å². The minimum absolute atomic E-state index is 0.0457. The van der Waals surface area contributed by atoms with Crippen LogP contribution in [-0.4, -0.2) is 44.7 Å². The first-order valence-electron chi connectivity index (χ1n) is 8.90. The predicted octanol–water partition coefficient (Wildman–Crippen LogP) is 2.49. The van der Waals surface area contributed by atoms with E-state index in [1.807, 2.05) is 13.0 Å². The molecule has 0 aliphatic heterocycles. The van der Waals surface area contributed by atoms with E-state index in [-0.39, 0.29) is 18.3 Å². The maximum Gasteiger partial charge on any atom is 0.303 e. The molecule has 1 aliphatic rings. The molecule has 0 unspecified atom stereocenters. The summed E-state index contributed by atoms with van der Waals surface area (Å²) >= 11 is 0. The van der Waals surface area contributed by atoms with Gasteiger partial charge in [-0.1, -0.05) is 44.8 Å². The number of aliphatic hydroxyl groups is 3. The van der Waals surface area contributed by atoms with Crippen LogP contribution in [0.15, 0.2) is 12.2 Å². The van der Waals surface area contributed by atoms with Crippen molar-refractivity contribution in [3.8, 4) is 0 Å². The minimum Gasteiger partial charge on any atom is -0.481 e. The fourth-order valence-electron chi connectivity index (χ4n) is 3.36. The van der Waals surface area contributed by atoms with Crippen molar-refractivity contribution in [1.82, 2.24) is 0 Å². The lowest BCUT2D eigenvalue weighted by molar-refractivity contribution is -0.137. The van der Waals surface area contributed by atoms with Crippen molar-refractivity contribution in [3.05, 3.63) is 12.2 Å². The summed E-state index contributed by atoms with van der Waals surface area (Å²) in [7, 11) is 0. The zero-order valence-corrected chi connectivity index (χ0v) is 14.1. The van der Waals surface area contributed by atoms with Gasteiger partial charge in [0, 0.05) is 18.8 Å². The van der Waals surface area contributed by atoms with Gasteiger partial charge in [-0.05, 0) is 25.2 Å². The van der Waals surface area contributed by atoms with E-state index in [9.17, 15) is 20.1 Å². The Bertz CT molecular complexity index is 368. The average molecular weight is 328 g/mol. The van der Waals surface area contributed by atoms with Gasteiger partial charge >= 0.3 is 5.97 Å². The molecule has 0 aromatic carbocycles. The first-order valence-corrected chi connectivity index (χ1v) is 8.90. The summed E-state index contributed by atoms with van der Waals surface area (Å²) < 4.78 is 0. The summed E-state index contributed by atoms with van der Waals surface area (Å²) in [4.78, 5) is 10.4. The molecule has 1 aliphatic carbocycles. The van der Waals surface area contributed by atoms with Gasteiger partial charge in [0.1, 0.15) is 0 Å². The molecule has 5 atom stereocenters. The maximum absolute atomic E-state index is 10.4. The number of carboxylic acids is 1. The summed E-state index contributed by atoms with van der Waals surface area (Å²) in [5, 5.41) is 38.4. The maximum atomic E-state index is 10.4. The van der Waals surface area contributed by atoms with Crippen molar-refractivity contribution < 1.29 is 25.2 Å². The Balaban J connectivity index is 2.31. The fraction of sp³-hybridized carbons (Fsp3) is 0.833. The van der Waals surface area contributed by atoms with E-state index in [1.54, 1.807) is 6.08 Å². The Morgan fingerprint density at radius 3 is 2.43 bits per heavy atom. The molecule has 0 amide bonds. The third kappa shape index (κ3) is 7.46. The molecule has 0 aromatic rings. The fourth-order valence-corrected chi connectivity index (χ4v) is 3.36. The zero-order valence-electron chi connectivity index (χ0n) is 14.1. The molecule has 23 heavy (non-hydrogen) atoms. The Morgan fingerprint density at radius 2 is 1.78 bits per heavy atom. The van der Waals surface area contributed by atoms with Crippen LogP contribution in [0.4, 0.5) is 0 Å².